The van der Waals surface area contributed by atoms with E-state index in [9.17, 15) is 13.2 Å². The molecule has 0 aliphatic carbocycles. The van der Waals surface area contributed by atoms with Crippen molar-refractivity contribution in [3.05, 3.63) is 83.9 Å². The molecular formula is C22H21ClN2O4S. The quantitative estimate of drug-likeness (QED) is 0.542. The van der Waals surface area contributed by atoms with Gasteiger partial charge in [0, 0.05) is 11.6 Å². The Morgan fingerprint density at radius 2 is 1.60 bits per heavy atom. The first-order chi connectivity index (χ1) is 14.4. The first kappa shape index (κ1) is 21.8. The predicted molar refractivity (Wildman–Crippen MR) is 117 cm³/mol. The van der Waals surface area contributed by atoms with E-state index in [1.54, 1.807) is 43.3 Å². The molecule has 8 heteroatoms. The largest absolute Gasteiger partial charge is 0.455 e. The van der Waals surface area contributed by atoms with Gasteiger partial charge < -0.3 is 10.1 Å². The molecule has 0 heterocycles. The summed E-state index contributed by atoms with van der Waals surface area (Å²) in [5.41, 5.74) is 0.450. The number of carbonyl (C=O) groups is 1. The van der Waals surface area contributed by atoms with E-state index in [1.807, 2.05) is 18.2 Å². The van der Waals surface area contributed by atoms with Crippen molar-refractivity contribution in [2.75, 3.05) is 18.4 Å². The number of rotatable bonds is 8. The summed E-state index contributed by atoms with van der Waals surface area (Å²) >= 11 is 5.84. The molecule has 3 aromatic carbocycles. The van der Waals surface area contributed by atoms with Crippen molar-refractivity contribution in [3.8, 4) is 11.5 Å². The highest BCUT2D eigenvalue weighted by atomic mass is 35.5. The monoisotopic (exact) mass is 444 g/mol. The third-order valence-corrected chi connectivity index (χ3v) is 6.44. The van der Waals surface area contributed by atoms with Crippen LogP contribution in [0.25, 0.3) is 0 Å². The molecule has 0 unspecified atom stereocenters. The number of ether oxygens (including phenoxy) is 1. The number of amides is 1. The van der Waals surface area contributed by atoms with E-state index in [1.165, 1.54) is 24.3 Å². The number of likely N-dealkylation sites (N-methyl/N-ethyl adjacent to an activating group) is 1. The van der Waals surface area contributed by atoms with Gasteiger partial charge in [-0.05, 0) is 48.5 Å². The average Bonchev–Trinajstić information content (AvgIpc) is 2.74. The summed E-state index contributed by atoms with van der Waals surface area (Å²) in [4.78, 5) is 12.7. The highest BCUT2D eigenvalue weighted by Crippen LogP contribution is 2.29. The summed E-state index contributed by atoms with van der Waals surface area (Å²) in [7, 11) is -3.83. The molecule has 0 aromatic heterocycles. The van der Waals surface area contributed by atoms with Crippen LogP contribution in [0.2, 0.25) is 5.02 Å². The average molecular weight is 445 g/mol. The number of hydrogen-bond acceptors (Lipinski definition) is 4. The number of nitrogens with one attached hydrogen (secondary N) is 1. The van der Waals surface area contributed by atoms with E-state index >= 15 is 0 Å². The normalized spacial score (nSPS) is 11.3. The van der Waals surface area contributed by atoms with Crippen molar-refractivity contribution in [1.82, 2.24) is 4.31 Å². The summed E-state index contributed by atoms with van der Waals surface area (Å²) in [5.74, 6) is 0.610. The van der Waals surface area contributed by atoms with E-state index in [0.717, 1.165) is 4.31 Å². The lowest BCUT2D eigenvalue weighted by atomic mass is 10.3. The minimum absolute atomic E-state index is 0.0781. The molecule has 30 heavy (non-hydrogen) atoms. The number of hydrogen-bond donors (Lipinski definition) is 1. The minimum Gasteiger partial charge on any atom is -0.455 e. The lowest BCUT2D eigenvalue weighted by Crippen LogP contribution is -2.37. The summed E-state index contributed by atoms with van der Waals surface area (Å²) in [6, 6.07) is 22.0. The number of halogens is 1. The molecule has 6 nitrogen and oxygen atoms in total. The predicted octanol–water partition coefficient (Wildman–Crippen LogP) is 4.78. The molecule has 0 aliphatic rings. The lowest BCUT2D eigenvalue weighted by molar-refractivity contribution is -0.116. The van der Waals surface area contributed by atoms with Gasteiger partial charge in [-0.1, -0.05) is 48.9 Å². The van der Waals surface area contributed by atoms with Gasteiger partial charge in [0.15, 0.2) is 5.75 Å². The number of carbonyl (C=O) groups excluding carboxylic acids is 1. The van der Waals surface area contributed by atoms with Crippen LogP contribution in [0, 0.1) is 0 Å². The van der Waals surface area contributed by atoms with Gasteiger partial charge in [-0.15, -0.1) is 0 Å². The van der Waals surface area contributed by atoms with E-state index in [0.29, 0.717) is 22.2 Å². The van der Waals surface area contributed by atoms with Crippen LogP contribution >= 0.6 is 11.6 Å². The topological polar surface area (TPSA) is 75.7 Å². The van der Waals surface area contributed by atoms with Crippen molar-refractivity contribution in [1.29, 1.82) is 0 Å². The summed E-state index contributed by atoms with van der Waals surface area (Å²) in [6.45, 7) is 1.48. The fourth-order valence-electron chi connectivity index (χ4n) is 2.75. The van der Waals surface area contributed by atoms with Crippen LogP contribution in [0.3, 0.4) is 0 Å². The van der Waals surface area contributed by atoms with Gasteiger partial charge >= 0.3 is 0 Å². The number of nitrogens with zero attached hydrogens (tertiary/aromatic N) is 1. The maximum absolute atomic E-state index is 12.8. The highest BCUT2D eigenvalue weighted by Gasteiger charge is 2.25. The van der Waals surface area contributed by atoms with Crippen molar-refractivity contribution < 1.29 is 17.9 Å². The molecule has 1 N–H and O–H groups in total. The highest BCUT2D eigenvalue weighted by molar-refractivity contribution is 7.89. The maximum Gasteiger partial charge on any atom is 0.243 e. The molecule has 0 radical (unpaired) electrons. The van der Waals surface area contributed by atoms with Gasteiger partial charge in [-0.2, -0.15) is 4.31 Å². The summed E-state index contributed by atoms with van der Waals surface area (Å²) in [5, 5.41) is 3.17. The molecule has 3 aromatic rings. The van der Waals surface area contributed by atoms with Gasteiger partial charge in [-0.25, -0.2) is 8.42 Å². The molecule has 0 saturated heterocycles. The lowest BCUT2D eigenvalue weighted by Gasteiger charge is -2.20. The third kappa shape index (κ3) is 5.38. The Hall–Kier alpha value is -2.87. The molecule has 1 amide bonds. The molecule has 0 spiro atoms. The van der Waals surface area contributed by atoms with Crippen molar-refractivity contribution >= 4 is 33.2 Å². The smallest absolute Gasteiger partial charge is 0.243 e. The Kier molecular flexibility index (Phi) is 7.10. The zero-order valence-electron chi connectivity index (χ0n) is 16.3. The van der Waals surface area contributed by atoms with Crippen LogP contribution in [0.1, 0.15) is 6.92 Å². The number of sulfonamides is 1. The Bertz CT molecular complexity index is 1100. The Balaban J connectivity index is 1.74. The van der Waals surface area contributed by atoms with E-state index < -0.39 is 15.9 Å². The van der Waals surface area contributed by atoms with Gasteiger partial charge in [0.05, 0.1) is 17.1 Å². The van der Waals surface area contributed by atoms with Crippen LogP contribution in [0.5, 0.6) is 11.5 Å². The molecule has 0 fully saturated rings. The third-order valence-electron chi connectivity index (χ3n) is 4.26. The Morgan fingerprint density at radius 1 is 0.967 bits per heavy atom. The second-order valence-corrected chi connectivity index (χ2v) is 8.72. The first-order valence-electron chi connectivity index (χ1n) is 9.27. The van der Waals surface area contributed by atoms with Gasteiger partial charge in [-0.3, -0.25) is 4.79 Å². The minimum atomic E-state index is -3.83. The van der Waals surface area contributed by atoms with Crippen LogP contribution in [0.4, 0.5) is 5.69 Å². The van der Waals surface area contributed by atoms with Crippen LogP contribution in [0.15, 0.2) is 83.8 Å². The number of anilines is 1. The fourth-order valence-corrected chi connectivity index (χ4v) is 4.28. The summed E-state index contributed by atoms with van der Waals surface area (Å²) in [6.07, 6.45) is 0. The van der Waals surface area contributed by atoms with E-state index in [4.69, 9.17) is 16.3 Å². The zero-order valence-corrected chi connectivity index (χ0v) is 17.9. The molecule has 0 saturated carbocycles. The molecule has 156 valence electrons. The standard InChI is InChI=1S/C22H21ClN2O4S/c1-2-25(30(27,28)19-14-12-17(23)13-15-19)16-22(26)24-20-10-6-7-11-21(20)29-18-8-4-3-5-9-18/h3-15H,2,16H2,1H3,(H,24,26). The molecule has 3 rings (SSSR count). The molecule has 0 aliphatic heterocycles. The fraction of sp³-hybridized carbons (Fsp3) is 0.136. The Labute approximate surface area is 181 Å². The Morgan fingerprint density at radius 3 is 2.27 bits per heavy atom. The molecular weight excluding hydrogens is 424 g/mol. The van der Waals surface area contributed by atoms with Crippen molar-refractivity contribution in [3.63, 3.8) is 0 Å². The van der Waals surface area contributed by atoms with Crippen molar-refractivity contribution in [2.45, 2.75) is 11.8 Å². The van der Waals surface area contributed by atoms with Gasteiger partial charge in [0.25, 0.3) is 0 Å². The van der Waals surface area contributed by atoms with E-state index in [-0.39, 0.29) is 18.0 Å². The van der Waals surface area contributed by atoms with Crippen LogP contribution in [-0.4, -0.2) is 31.7 Å². The summed E-state index contributed by atoms with van der Waals surface area (Å²) < 4.78 is 32.6. The van der Waals surface area contributed by atoms with Crippen molar-refractivity contribution in [2.24, 2.45) is 0 Å². The first-order valence-corrected chi connectivity index (χ1v) is 11.1. The zero-order chi connectivity index (χ0) is 21.6. The number of benzene rings is 3. The maximum atomic E-state index is 12.8. The van der Waals surface area contributed by atoms with Gasteiger partial charge in [0.2, 0.25) is 15.9 Å². The second kappa shape index (κ2) is 9.75. The van der Waals surface area contributed by atoms with Crippen LogP contribution < -0.4 is 10.1 Å². The number of para-hydroxylation sites is 3. The van der Waals surface area contributed by atoms with Crippen LogP contribution in [-0.2, 0) is 14.8 Å². The van der Waals surface area contributed by atoms with Gasteiger partial charge in [0.1, 0.15) is 5.75 Å². The second-order valence-electron chi connectivity index (χ2n) is 6.34. The van der Waals surface area contributed by atoms with E-state index in [2.05, 4.69) is 5.32 Å². The molecule has 0 atom stereocenters. The molecule has 0 bridgehead atoms. The SMILES string of the molecule is CCN(CC(=O)Nc1ccccc1Oc1ccccc1)S(=O)(=O)c1ccc(Cl)cc1.